The van der Waals surface area contributed by atoms with Crippen molar-refractivity contribution >= 4 is 5.97 Å². The average Bonchev–Trinajstić information content (AvgIpc) is 2.28. The fourth-order valence-electron chi connectivity index (χ4n) is 2.07. The first-order valence-electron chi connectivity index (χ1n) is 5.62. The lowest BCUT2D eigenvalue weighted by Gasteiger charge is -2.37. The van der Waals surface area contributed by atoms with E-state index in [0.29, 0.717) is 19.3 Å². The number of carbonyl (C=O) groups is 1. The van der Waals surface area contributed by atoms with E-state index in [-0.39, 0.29) is 12.0 Å². The Hall–Kier alpha value is -0.610. The average molecular weight is 215 g/mol. The molecule has 1 aliphatic rings. The third kappa shape index (κ3) is 3.18. The number of hydrogen-bond acceptors (Lipinski definition) is 4. The first kappa shape index (κ1) is 12.5. The van der Waals surface area contributed by atoms with Gasteiger partial charge >= 0.3 is 5.97 Å². The normalized spacial score (nSPS) is 24.9. The van der Waals surface area contributed by atoms with Crippen molar-refractivity contribution in [1.82, 2.24) is 4.90 Å². The van der Waals surface area contributed by atoms with Crippen LogP contribution in [0.5, 0.6) is 0 Å². The molecule has 0 amide bonds. The fraction of sp³-hybridized carbons (Fsp3) is 0.909. The molecule has 0 bridgehead atoms. The van der Waals surface area contributed by atoms with E-state index >= 15 is 0 Å². The highest BCUT2D eigenvalue weighted by Gasteiger charge is 2.32. The fourth-order valence-corrected chi connectivity index (χ4v) is 2.07. The van der Waals surface area contributed by atoms with Crippen LogP contribution >= 0.6 is 0 Å². The number of ether oxygens (including phenoxy) is 2. The number of morpholine rings is 1. The van der Waals surface area contributed by atoms with Crippen molar-refractivity contribution in [2.24, 2.45) is 0 Å². The Morgan fingerprint density at radius 1 is 1.67 bits per heavy atom. The summed E-state index contributed by atoms with van der Waals surface area (Å²) in [7, 11) is 1.43. The van der Waals surface area contributed by atoms with Crippen LogP contribution in [0.3, 0.4) is 0 Å². The third-order valence-electron chi connectivity index (χ3n) is 2.92. The van der Waals surface area contributed by atoms with Crippen LogP contribution in [0, 0.1) is 0 Å². The monoisotopic (exact) mass is 215 g/mol. The Morgan fingerprint density at radius 2 is 2.40 bits per heavy atom. The summed E-state index contributed by atoms with van der Waals surface area (Å²) in [5.74, 6) is -0.183. The van der Waals surface area contributed by atoms with Gasteiger partial charge in [0.25, 0.3) is 0 Å². The lowest BCUT2D eigenvalue weighted by atomic mass is 10.1. The molecule has 0 radical (unpaired) electrons. The molecule has 1 fully saturated rings. The zero-order valence-electron chi connectivity index (χ0n) is 9.86. The van der Waals surface area contributed by atoms with Crippen molar-refractivity contribution in [3.05, 3.63) is 0 Å². The maximum absolute atomic E-state index is 11.5. The summed E-state index contributed by atoms with van der Waals surface area (Å²) in [6.07, 6.45) is 2.24. The summed E-state index contributed by atoms with van der Waals surface area (Å²) < 4.78 is 10.1. The second kappa shape index (κ2) is 6.08. The van der Waals surface area contributed by atoms with E-state index in [0.717, 1.165) is 19.4 Å². The van der Waals surface area contributed by atoms with Crippen molar-refractivity contribution in [2.45, 2.75) is 38.8 Å². The van der Waals surface area contributed by atoms with Gasteiger partial charge in [-0.3, -0.25) is 9.69 Å². The SMILES string of the molecule is CCCC(C)N1CCOCC1C(=O)OC. The van der Waals surface area contributed by atoms with Crippen LogP contribution < -0.4 is 0 Å². The maximum atomic E-state index is 11.5. The molecule has 0 aromatic carbocycles. The predicted octanol–water partition coefficient (Wildman–Crippen LogP) is 1.05. The van der Waals surface area contributed by atoms with E-state index < -0.39 is 0 Å². The highest BCUT2D eigenvalue weighted by Crippen LogP contribution is 2.15. The van der Waals surface area contributed by atoms with E-state index in [1.165, 1.54) is 7.11 Å². The molecule has 4 heteroatoms. The van der Waals surface area contributed by atoms with Crippen molar-refractivity contribution in [3.8, 4) is 0 Å². The van der Waals surface area contributed by atoms with Crippen LogP contribution in [-0.2, 0) is 14.3 Å². The zero-order chi connectivity index (χ0) is 11.3. The van der Waals surface area contributed by atoms with Gasteiger partial charge in [0.15, 0.2) is 0 Å². The second-order valence-electron chi connectivity index (χ2n) is 3.99. The van der Waals surface area contributed by atoms with Crippen LogP contribution in [0.25, 0.3) is 0 Å². The van der Waals surface area contributed by atoms with Gasteiger partial charge in [-0.15, -0.1) is 0 Å². The smallest absolute Gasteiger partial charge is 0.325 e. The van der Waals surface area contributed by atoms with Crippen LogP contribution in [0.15, 0.2) is 0 Å². The molecule has 15 heavy (non-hydrogen) atoms. The van der Waals surface area contributed by atoms with E-state index in [2.05, 4.69) is 18.7 Å². The molecule has 2 unspecified atom stereocenters. The molecule has 0 saturated carbocycles. The number of nitrogens with zero attached hydrogens (tertiary/aromatic N) is 1. The van der Waals surface area contributed by atoms with Crippen molar-refractivity contribution in [3.63, 3.8) is 0 Å². The number of carbonyl (C=O) groups excluding carboxylic acids is 1. The van der Waals surface area contributed by atoms with Gasteiger partial charge in [0, 0.05) is 12.6 Å². The van der Waals surface area contributed by atoms with Crippen LogP contribution in [0.4, 0.5) is 0 Å². The minimum absolute atomic E-state index is 0.183. The Kier molecular flexibility index (Phi) is 5.05. The van der Waals surface area contributed by atoms with Gasteiger partial charge in [-0.25, -0.2) is 0 Å². The zero-order valence-corrected chi connectivity index (χ0v) is 9.86. The quantitative estimate of drug-likeness (QED) is 0.657. The molecule has 1 rings (SSSR count). The predicted molar refractivity (Wildman–Crippen MR) is 57.7 cm³/mol. The Balaban J connectivity index is 2.60. The Bertz CT molecular complexity index is 208. The lowest BCUT2D eigenvalue weighted by molar-refractivity contribution is -0.155. The third-order valence-corrected chi connectivity index (χ3v) is 2.92. The summed E-state index contributed by atoms with van der Waals surface area (Å²) in [5, 5.41) is 0. The maximum Gasteiger partial charge on any atom is 0.325 e. The van der Waals surface area contributed by atoms with Gasteiger partial charge in [0.2, 0.25) is 0 Å². The van der Waals surface area contributed by atoms with Crippen LogP contribution in [-0.4, -0.2) is 49.8 Å². The summed E-state index contributed by atoms with van der Waals surface area (Å²) in [6.45, 7) is 6.30. The van der Waals surface area contributed by atoms with Crippen LogP contribution in [0.1, 0.15) is 26.7 Å². The van der Waals surface area contributed by atoms with E-state index in [9.17, 15) is 4.79 Å². The van der Waals surface area contributed by atoms with Gasteiger partial charge in [-0.05, 0) is 13.3 Å². The molecule has 2 atom stereocenters. The molecular weight excluding hydrogens is 194 g/mol. The standard InChI is InChI=1S/C11H21NO3/c1-4-5-9(2)12-6-7-15-8-10(12)11(13)14-3/h9-10H,4-8H2,1-3H3. The molecular formula is C11H21NO3. The van der Waals surface area contributed by atoms with Gasteiger partial charge < -0.3 is 9.47 Å². The van der Waals surface area contributed by atoms with E-state index in [4.69, 9.17) is 9.47 Å². The number of esters is 1. The molecule has 0 spiro atoms. The molecule has 1 aliphatic heterocycles. The topological polar surface area (TPSA) is 38.8 Å². The van der Waals surface area contributed by atoms with Crippen molar-refractivity contribution < 1.29 is 14.3 Å². The first-order chi connectivity index (χ1) is 7.20. The molecule has 1 saturated heterocycles. The Labute approximate surface area is 91.5 Å². The second-order valence-corrected chi connectivity index (χ2v) is 3.99. The minimum Gasteiger partial charge on any atom is -0.468 e. The molecule has 1 heterocycles. The summed E-state index contributed by atoms with van der Waals surface area (Å²) in [6, 6.07) is 0.202. The van der Waals surface area contributed by atoms with Gasteiger partial charge in [-0.2, -0.15) is 0 Å². The highest BCUT2D eigenvalue weighted by atomic mass is 16.5. The van der Waals surface area contributed by atoms with Gasteiger partial charge in [-0.1, -0.05) is 13.3 Å². The minimum atomic E-state index is -0.217. The molecule has 0 aromatic rings. The van der Waals surface area contributed by atoms with Gasteiger partial charge in [0.1, 0.15) is 6.04 Å². The summed E-state index contributed by atoms with van der Waals surface area (Å²) >= 11 is 0. The number of methoxy groups -OCH3 is 1. The van der Waals surface area contributed by atoms with Crippen molar-refractivity contribution in [2.75, 3.05) is 26.9 Å². The van der Waals surface area contributed by atoms with Gasteiger partial charge in [0.05, 0.1) is 20.3 Å². The number of rotatable bonds is 4. The van der Waals surface area contributed by atoms with Crippen LogP contribution in [0.2, 0.25) is 0 Å². The molecule has 0 N–H and O–H groups in total. The first-order valence-corrected chi connectivity index (χ1v) is 5.62. The molecule has 0 aromatic heterocycles. The summed E-state index contributed by atoms with van der Waals surface area (Å²) in [5.41, 5.74) is 0. The van der Waals surface area contributed by atoms with Crippen molar-refractivity contribution in [1.29, 1.82) is 0 Å². The largest absolute Gasteiger partial charge is 0.468 e. The molecule has 0 aliphatic carbocycles. The molecule has 88 valence electrons. The lowest BCUT2D eigenvalue weighted by Crippen LogP contribution is -2.53. The van der Waals surface area contributed by atoms with E-state index in [1.807, 2.05) is 0 Å². The number of hydrogen-bond donors (Lipinski definition) is 0. The Morgan fingerprint density at radius 3 is 3.00 bits per heavy atom. The highest BCUT2D eigenvalue weighted by molar-refractivity contribution is 5.76. The molecule has 4 nitrogen and oxygen atoms in total. The van der Waals surface area contributed by atoms with E-state index in [1.54, 1.807) is 0 Å². The summed E-state index contributed by atoms with van der Waals surface area (Å²) in [4.78, 5) is 13.7.